The molecule has 2 aromatic heterocycles. The molecule has 21 heavy (non-hydrogen) atoms. The Morgan fingerprint density at radius 2 is 2.00 bits per heavy atom. The lowest BCUT2D eigenvalue weighted by Gasteiger charge is -2.20. The zero-order chi connectivity index (χ0) is 15.4. The Bertz CT molecular complexity index is 591. The molecule has 0 amide bonds. The van der Waals surface area contributed by atoms with E-state index in [4.69, 9.17) is 11.6 Å². The van der Waals surface area contributed by atoms with E-state index in [1.165, 1.54) is 6.42 Å². The van der Waals surface area contributed by atoms with Gasteiger partial charge in [-0.3, -0.25) is 0 Å². The van der Waals surface area contributed by atoms with Crippen molar-refractivity contribution in [2.24, 2.45) is 0 Å². The number of hydrogen-bond acceptors (Lipinski definition) is 3. The number of nitrogens with zero attached hydrogens (tertiary/aromatic N) is 4. The van der Waals surface area contributed by atoms with E-state index >= 15 is 0 Å². The van der Waals surface area contributed by atoms with E-state index in [1.807, 2.05) is 26.0 Å². The third kappa shape index (κ3) is 3.74. The third-order valence-corrected chi connectivity index (χ3v) is 3.94. The molecule has 0 N–H and O–H groups in total. The Hall–Kier alpha value is -1.13. The fourth-order valence-corrected chi connectivity index (χ4v) is 2.79. The standard InChI is InChI=1S/C16H25ClN4/c1-5-9-20(6-2)10-11-21-15(13(4)17)19-14-8-7-12(3)18-16(14)21/h7-8,13H,5-6,9-11H2,1-4H3. The van der Waals surface area contributed by atoms with Crippen molar-refractivity contribution in [1.82, 2.24) is 19.4 Å². The van der Waals surface area contributed by atoms with E-state index in [0.29, 0.717) is 0 Å². The number of pyridine rings is 1. The fourth-order valence-electron chi connectivity index (χ4n) is 2.62. The average molecular weight is 309 g/mol. The average Bonchev–Trinajstić information content (AvgIpc) is 2.81. The van der Waals surface area contributed by atoms with E-state index in [-0.39, 0.29) is 5.38 Å². The molecule has 0 bridgehead atoms. The first-order valence-electron chi connectivity index (χ1n) is 7.77. The minimum atomic E-state index is -0.110. The maximum atomic E-state index is 6.31. The van der Waals surface area contributed by atoms with Gasteiger partial charge in [-0.2, -0.15) is 0 Å². The Morgan fingerprint density at radius 1 is 1.24 bits per heavy atom. The number of hydrogen-bond donors (Lipinski definition) is 0. The molecule has 4 nitrogen and oxygen atoms in total. The van der Waals surface area contributed by atoms with Crippen molar-refractivity contribution in [3.8, 4) is 0 Å². The Balaban J connectivity index is 2.31. The molecule has 0 aromatic carbocycles. The van der Waals surface area contributed by atoms with Gasteiger partial charge in [0.25, 0.3) is 0 Å². The summed E-state index contributed by atoms with van der Waals surface area (Å²) < 4.78 is 2.18. The highest BCUT2D eigenvalue weighted by molar-refractivity contribution is 6.20. The summed E-state index contributed by atoms with van der Waals surface area (Å²) in [5.74, 6) is 0.914. The molecular formula is C16H25ClN4. The van der Waals surface area contributed by atoms with Gasteiger partial charge in [0.05, 0.1) is 5.38 Å². The summed E-state index contributed by atoms with van der Waals surface area (Å²) in [4.78, 5) is 11.8. The second-order valence-corrected chi connectivity index (χ2v) is 6.12. The highest BCUT2D eigenvalue weighted by Crippen LogP contribution is 2.23. The first kappa shape index (κ1) is 16.2. The van der Waals surface area contributed by atoms with Crippen LogP contribution in [0.2, 0.25) is 0 Å². The first-order chi connectivity index (χ1) is 10.1. The number of aromatic nitrogens is 3. The number of imidazole rings is 1. The van der Waals surface area contributed by atoms with Gasteiger partial charge in [0.15, 0.2) is 5.65 Å². The summed E-state index contributed by atoms with van der Waals surface area (Å²) in [6.07, 6.45) is 1.18. The van der Waals surface area contributed by atoms with Crippen molar-refractivity contribution in [1.29, 1.82) is 0 Å². The number of rotatable bonds is 7. The topological polar surface area (TPSA) is 34.0 Å². The van der Waals surface area contributed by atoms with Crippen LogP contribution in [0.25, 0.3) is 11.2 Å². The molecule has 0 aliphatic heterocycles. The Labute approximate surface area is 132 Å². The lowest BCUT2D eigenvalue weighted by molar-refractivity contribution is 0.276. The van der Waals surface area contributed by atoms with Crippen LogP contribution in [0.5, 0.6) is 0 Å². The van der Waals surface area contributed by atoms with Crippen molar-refractivity contribution in [3.63, 3.8) is 0 Å². The molecule has 1 unspecified atom stereocenters. The van der Waals surface area contributed by atoms with Crippen molar-refractivity contribution >= 4 is 22.8 Å². The zero-order valence-corrected chi connectivity index (χ0v) is 14.2. The molecule has 2 aromatic rings. The highest BCUT2D eigenvalue weighted by atomic mass is 35.5. The smallest absolute Gasteiger partial charge is 0.160 e. The van der Waals surface area contributed by atoms with Gasteiger partial charge >= 0.3 is 0 Å². The predicted octanol–water partition coefficient (Wildman–Crippen LogP) is 3.77. The molecule has 2 rings (SSSR count). The minimum absolute atomic E-state index is 0.110. The molecule has 1 atom stereocenters. The maximum absolute atomic E-state index is 6.31. The number of alkyl halides is 1. The van der Waals surface area contributed by atoms with E-state index in [1.54, 1.807) is 0 Å². The first-order valence-corrected chi connectivity index (χ1v) is 8.20. The quantitative estimate of drug-likeness (QED) is 0.730. The van der Waals surface area contributed by atoms with Crippen LogP contribution in [0.4, 0.5) is 0 Å². The third-order valence-electron chi connectivity index (χ3n) is 3.74. The minimum Gasteiger partial charge on any atom is -0.310 e. The number of halogens is 1. The van der Waals surface area contributed by atoms with Gasteiger partial charge in [0, 0.05) is 18.8 Å². The number of likely N-dealkylation sites (N-methyl/N-ethyl adjacent to an activating group) is 1. The van der Waals surface area contributed by atoms with Gasteiger partial charge in [-0.15, -0.1) is 11.6 Å². The van der Waals surface area contributed by atoms with Crippen LogP contribution in [-0.2, 0) is 6.54 Å². The molecule has 116 valence electrons. The second-order valence-electron chi connectivity index (χ2n) is 5.47. The molecule has 0 saturated heterocycles. The van der Waals surface area contributed by atoms with Crippen LogP contribution >= 0.6 is 11.6 Å². The van der Waals surface area contributed by atoms with Crippen LogP contribution in [0.15, 0.2) is 12.1 Å². The van der Waals surface area contributed by atoms with Crippen LogP contribution in [0.3, 0.4) is 0 Å². The van der Waals surface area contributed by atoms with Gasteiger partial charge in [-0.25, -0.2) is 9.97 Å². The highest BCUT2D eigenvalue weighted by Gasteiger charge is 2.16. The molecule has 0 spiro atoms. The van der Waals surface area contributed by atoms with E-state index < -0.39 is 0 Å². The predicted molar refractivity (Wildman–Crippen MR) is 88.9 cm³/mol. The molecule has 5 heteroatoms. The van der Waals surface area contributed by atoms with Crippen LogP contribution < -0.4 is 0 Å². The van der Waals surface area contributed by atoms with Crippen molar-refractivity contribution in [3.05, 3.63) is 23.7 Å². The summed E-state index contributed by atoms with van der Waals surface area (Å²) in [5, 5.41) is -0.110. The Kier molecular flexibility index (Phi) is 5.59. The summed E-state index contributed by atoms with van der Waals surface area (Å²) in [7, 11) is 0. The molecule has 0 aliphatic carbocycles. The van der Waals surface area contributed by atoms with Gasteiger partial charge < -0.3 is 9.47 Å². The Morgan fingerprint density at radius 3 is 2.62 bits per heavy atom. The van der Waals surface area contributed by atoms with Crippen molar-refractivity contribution in [2.45, 2.75) is 46.0 Å². The molecule has 2 heterocycles. The van der Waals surface area contributed by atoms with Crippen LogP contribution in [0, 0.1) is 6.92 Å². The normalized spacial score (nSPS) is 13.2. The molecule has 0 fully saturated rings. The lowest BCUT2D eigenvalue weighted by atomic mass is 10.3. The zero-order valence-electron chi connectivity index (χ0n) is 13.4. The largest absolute Gasteiger partial charge is 0.310 e. The van der Waals surface area contributed by atoms with Gasteiger partial charge in [0.1, 0.15) is 11.3 Å². The summed E-state index contributed by atoms with van der Waals surface area (Å²) in [6.45, 7) is 12.5. The van der Waals surface area contributed by atoms with Gasteiger partial charge in [0.2, 0.25) is 0 Å². The summed E-state index contributed by atoms with van der Waals surface area (Å²) in [6, 6.07) is 4.03. The van der Waals surface area contributed by atoms with Crippen LogP contribution in [-0.4, -0.2) is 39.1 Å². The van der Waals surface area contributed by atoms with Crippen molar-refractivity contribution < 1.29 is 0 Å². The van der Waals surface area contributed by atoms with Gasteiger partial charge in [-0.05, 0) is 45.5 Å². The second kappa shape index (κ2) is 7.23. The maximum Gasteiger partial charge on any atom is 0.160 e. The van der Waals surface area contributed by atoms with E-state index in [0.717, 1.165) is 48.9 Å². The number of fused-ring (bicyclic) bond motifs is 1. The van der Waals surface area contributed by atoms with E-state index in [9.17, 15) is 0 Å². The monoisotopic (exact) mass is 308 g/mol. The summed E-state index contributed by atoms with van der Waals surface area (Å²) >= 11 is 6.31. The SMILES string of the molecule is CCCN(CC)CCn1c(C(C)Cl)nc2ccc(C)nc21. The van der Waals surface area contributed by atoms with Crippen LogP contribution in [0.1, 0.15) is 44.1 Å². The lowest BCUT2D eigenvalue weighted by Crippen LogP contribution is -2.28. The van der Waals surface area contributed by atoms with E-state index in [2.05, 4.69) is 33.3 Å². The fraction of sp³-hybridized carbons (Fsp3) is 0.625. The summed E-state index contributed by atoms with van der Waals surface area (Å²) in [5.41, 5.74) is 2.89. The van der Waals surface area contributed by atoms with Gasteiger partial charge in [-0.1, -0.05) is 13.8 Å². The molecule has 0 aliphatic rings. The number of aryl methyl sites for hydroxylation is 1. The molecular weight excluding hydrogens is 284 g/mol. The van der Waals surface area contributed by atoms with Crippen molar-refractivity contribution in [2.75, 3.05) is 19.6 Å². The molecule has 0 saturated carbocycles. The molecule has 0 radical (unpaired) electrons.